The van der Waals surface area contributed by atoms with Crippen molar-refractivity contribution >= 4 is 40.3 Å². The standard InChI is InChI=1S/C16H13NO2S2/c1-11-4-6-12(7-5-11)9-14-15(18)17(16(20)21-14)10-13-3-2-8-19-13/h2-9H,10H2,1H3/b14-9-. The molecule has 0 bridgehead atoms. The van der Waals surface area contributed by atoms with Crippen molar-refractivity contribution in [1.82, 2.24) is 4.90 Å². The SMILES string of the molecule is Cc1ccc(/C=C2\SC(=S)N(Cc3ccco3)C2=O)cc1. The van der Waals surface area contributed by atoms with Crippen LogP contribution in [-0.2, 0) is 11.3 Å². The van der Waals surface area contributed by atoms with Crippen molar-refractivity contribution in [2.75, 3.05) is 0 Å². The van der Waals surface area contributed by atoms with Crippen LogP contribution in [0.15, 0.2) is 52.0 Å². The molecule has 1 aliphatic rings. The summed E-state index contributed by atoms with van der Waals surface area (Å²) in [5.74, 6) is 0.657. The summed E-state index contributed by atoms with van der Waals surface area (Å²) in [6.45, 7) is 2.41. The molecule has 0 N–H and O–H groups in total. The zero-order chi connectivity index (χ0) is 14.8. The predicted octanol–water partition coefficient (Wildman–Crippen LogP) is 3.99. The van der Waals surface area contributed by atoms with E-state index in [9.17, 15) is 4.79 Å². The van der Waals surface area contributed by atoms with E-state index in [4.69, 9.17) is 16.6 Å². The second-order valence-electron chi connectivity index (χ2n) is 4.76. The molecule has 3 rings (SSSR count). The number of furan rings is 1. The molecule has 1 saturated heterocycles. The smallest absolute Gasteiger partial charge is 0.266 e. The Morgan fingerprint density at radius 2 is 2.05 bits per heavy atom. The van der Waals surface area contributed by atoms with E-state index in [0.29, 0.717) is 15.8 Å². The third-order valence-corrected chi connectivity index (χ3v) is 4.52. The van der Waals surface area contributed by atoms with Crippen LogP contribution in [0.5, 0.6) is 0 Å². The van der Waals surface area contributed by atoms with Crippen LogP contribution in [0.3, 0.4) is 0 Å². The molecule has 0 saturated carbocycles. The molecule has 1 aromatic carbocycles. The maximum absolute atomic E-state index is 12.4. The molecule has 1 amide bonds. The van der Waals surface area contributed by atoms with Gasteiger partial charge in [-0.25, -0.2) is 0 Å². The summed E-state index contributed by atoms with van der Waals surface area (Å²) in [6.07, 6.45) is 3.47. The lowest BCUT2D eigenvalue weighted by atomic mass is 10.1. The second-order valence-corrected chi connectivity index (χ2v) is 6.43. The molecule has 0 spiro atoms. The van der Waals surface area contributed by atoms with Crippen molar-refractivity contribution in [3.05, 3.63) is 64.5 Å². The summed E-state index contributed by atoms with van der Waals surface area (Å²) in [4.78, 5) is 14.6. The van der Waals surface area contributed by atoms with Crippen molar-refractivity contribution in [3.8, 4) is 0 Å². The number of thioether (sulfide) groups is 1. The first-order valence-electron chi connectivity index (χ1n) is 6.48. The van der Waals surface area contributed by atoms with Gasteiger partial charge in [0, 0.05) is 0 Å². The Balaban J connectivity index is 1.81. The van der Waals surface area contributed by atoms with Gasteiger partial charge in [0.1, 0.15) is 10.1 Å². The van der Waals surface area contributed by atoms with Gasteiger partial charge in [-0.15, -0.1) is 0 Å². The number of benzene rings is 1. The lowest BCUT2D eigenvalue weighted by Gasteiger charge is -2.11. The molecule has 0 aliphatic carbocycles. The van der Waals surface area contributed by atoms with Gasteiger partial charge in [0.15, 0.2) is 0 Å². The Bertz CT molecular complexity index is 702. The number of hydrogen-bond acceptors (Lipinski definition) is 4. The molecule has 3 nitrogen and oxygen atoms in total. The van der Waals surface area contributed by atoms with Crippen LogP contribution in [0.1, 0.15) is 16.9 Å². The van der Waals surface area contributed by atoms with E-state index in [1.807, 2.05) is 43.3 Å². The molecular weight excluding hydrogens is 302 g/mol. The normalized spacial score (nSPS) is 17.0. The zero-order valence-electron chi connectivity index (χ0n) is 11.4. The molecule has 5 heteroatoms. The molecular formula is C16H13NO2S2. The van der Waals surface area contributed by atoms with Gasteiger partial charge >= 0.3 is 0 Å². The van der Waals surface area contributed by atoms with E-state index in [-0.39, 0.29) is 5.91 Å². The lowest BCUT2D eigenvalue weighted by molar-refractivity contribution is -0.122. The fraction of sp³-hybridized carbons (Fsp3) is 0.125. The molecule has 0 atom stereocenters. The monoisotopic (exact) mass is 315 g/mol. The topological polar surface area (TPSA) is 33.5 Å². The number of rotatable bonds is 3. The quantitative estimate of drug-likeness (QED) is 0.633. The molecule has 1 fully saturated rings. The predicted molar refractivity (Wildman–Crippen MR) is 88.6 cm³/mol. The Kier molecular flexibility index (Phi) is 3.94. The van der Waals surface area contributed by atoms with Crippen LogP contribution < -0.4 is 0 Å². The minimum atomic E-state index is -0.0676. The number of carbonyl (C=O) groups is 1. The molecule has 0 unspecified atom stereocenters. The first kappa shape index (κ1) is 14.1. The van der Waals surface area contributed by atoms with Crippen molar-refractivity contribution in [2.45, 2.75) is 13.5 Å². The van der Waals surface area contributed by atoms with Gasteiger partial charge in [0.25, 0.3) is 5.91 Å². The van der Waals surface area contributed by atoms with E-state index in [0.717, 1.165) is 11.3 Å². The number of carbonyl (C=O) groups excluding carboxylic acids is 1. The van der Waals surface area contributed by atoms with Gasteiger partial charge in [0.05, 0.1) is 17.7 Å². The van der Waals surface area contributed by atoms with Crippen LogP contribution in [0.2, 0.25) is 0 Å². The molecule has 1 aliphatic heterocycles. The third-order valence-electron chi connectivity index (χ3n) is 3.14. The molecule has 0 radical (unpaired) electrons. The van der Waals surface area contributed by atoms with E-state index >= 15 is 0 Å². The third kappa shape index (κ3) is 3.09. The summed E-state index contributed by atoms with van der Waals surface area (Å²) in [7, 11) is 0. The van der Waals surface area contributed by atoms with Gasteiger partial charge in [-0.2, -0.15) is 0 Å². The fourth-order valence-electron chi connectivity index (χ4n) is 2.01. The van der Waals surface area contributed by atoms with Crippen LogP contribution in [0.4, 0.5) is 0 Å². The Labute approximate surface area is 132 Å². The van der Waals surface area contributed by atoms with Gasteiger partial charge in [-0.3, -0.25) is 9.69 Å². The zero-order valence-corrected chi connectivity index (χ0v) is 13.0. The maximum Gasteiger partial charge on any atom is 0.266 e. The van der Waals surface area contributed by atoms with Crippen molar-refractivity contribution < 1.29 is 9.21 Å². The van der Waals surface area contributed by atoms with Crippen molar-refractivity contribution in [2.24, 2.45) is 0 Å². The number of amides is 1. The fourth-order valence-corrected chi connectivity index (χ4v) is 3.26. The summed E-state index contributed by atoms with van der Waals surface area (Å²) in [6, 6.07) is 11.7. The summed E-state index contributed by atoms with van der Waals surface area (Å²) in [5.41, 5.74) is 2.19. The molecule has 106 valence electrons. The highest BCUT2D eigenvalue weighted by atomic mass is 32.2. The maximum atomic E-state index is 12.4. The average molecular weight is 315 g/mol. The Morgan fingerprint density at radius 3 is 2.71 bits per heavy atom. The average Bonchev–Trinajstić information content (AvgIpc) is 3.06. The van der Waals surface area contributed by atoms with Crippen molar-refractivity contribution in [1.29, 1.82) is 0 Å². The first-order chi connectivity index (χ1) is 10.1. The minimum absolute atomic E-state index is 0.0676. The lowest BCUT2D eigenvalue weighted by Crippen LogP contribution is -2.27. The Morgan fingerprint density at radius 1 is 1.29 bits per heavy atom. The number of hydrogen-bond donors (Lipinski definition) is 0. The highest BCUT2D eigenvalue weighted by Gasteiger charge is 2.32. The van der Waals surface area contributed by atoms with Crippen molar-refractivity contribution in [3.63, 3.8) is 0 Å². The summed E-state index contributed by atoms with van der Waals surface area (Å²) in [5, 5.41) is 0. The van der Waals surface area contributed by atoms with Crippen LogP contribution in [0.25, 0.3) is 6.08 Å². The minimum Gasteiger partial charge on any atom is -0.467 e. The van der Waals surface area contributed by atoms with E-state index in [1.165, 1.54) is 17.3 Å². The summed E-state index contributed by atoms with van der Waals surface area (Å²) < 4.78 is 5.84. The van der Waals surface area contributed by atoms with Crippen LogP contribution in [0, 0.1) is 6.92 Å². The Hall–Kier alpha value is -1.85. The summed E-state index contributed by atoms with van der Waals surface area (Å²) >= 11 is 6.62. The molecule has 2 aromatic rings. The largest absolute Gasteiger partial charge is 0.467 e. The first-order valence-corrected chi connectivity index (χ1v) is 7.70. The second kappa shape index (κ2) is 5.87. The molecule has 1 aromatic heterocycles. The number of nitrogens with zero attached hydrogens (tertiary/aromatic N) is 1. The van der Waals surface area contributed by atoms with Crippen LogP contribution >= 0.6 is 24.0 Å². The van der Waals surface area contributed by atoms with E-state index < -0.39 is 0 Å². The highest BCUT2D eigenvalue weighted by Crippen LogP contribution is 2.33. The van der Waals surface area contributed by atoms with Gasteiger partial charge < -0.3 is 4.42 Å². The van der Waals surface area contributed by atoms with Gasteiger partial charge in [0.2, 0.25) is 0 Å². The van der Waals surface area contributed by atoms with E-state index in [2.05, 4.69) is 0 Å². The number of thiocarbonyl (C=S) groups is 1. The molecule has 2 heterocycles. The highest BCUT2D eigenvalue weighted by molar-refractivity contribution is 8.26. The van der Waals surface area contributed by atoms with Gasteiger partial charge in [-0.1, -0.05) is 53.8 Å². The van der Waals surface area contributed by atoms with Crippen LogP contribution in [-0.4, -0.2) is 15.1 Å². The molecule has 21 heavy (non-hydrogen) atoms. The van der Waals surface area contributed by atoms with Gasteiger partial charge in [-0.05, 0) is 30.7 Å². The number of aryl methyl sites for hydroxylation is 1. The van der Waals surface area contributed by atoms with E-state index in [1.54, 1.807) is 17.2 Å².